The lowest BCUT2D eigenvalue weighted by Crippen LogP contribution is -2.28. The highest BCUT2D eigenvalue weighted by Gasteiger charge is 2.20. The quantitative estimate of drug-likeness (QED) is 0.816. The summed E-state index contributed by atoms with van der Waals surface area (Å²) in [5.74, 6) is 0. The molecule has 4 heteroatoms. The first kappa shape index (κ1) is 12.9. The van der Waals surface area contributed by atoms with Crippen molar-refractivity contribution in [3.05, 3.63) is 54.6 Å². The van der Waals surface area contributed by atoms with E-state index in [-0.39, 0.29) is 0 Å². The van der Waals surface area contributed by atoms with Crippen LogP contribution in [-0.2, 0) is 19.4 Å². The number of hydrogen-bond acceptors (Lipinski definition) is 2. The SMILES string of the molecule is Brc1cc(CNC2Cc3ccccc3C2)sc1Br. The van der Waals surface area contributed by atoms with Gasteiger partial charge in [-0.2, -0.15) is 0 Å². The van der Waals surface area contributed by atoms with Crippen LogP contribution in [0.25, 0.3) is 0 Å². The minimum Gasteiger partial charge on any atom is -0.308 e. The molecule has 1 aromatic carbocycles. The van der Waals surface area contributed by atoms with E-state index < -0.39 is 0 Å². The molecule has 1 aliphatic carbocycles. The van der Waals surface area contributed by atoms with Crippen LogP contribution in [0.1, 0.15) is 16.0 Å². The van der Waals surface area contributed by atoms with Gasteiger partial charge in [-0.25, -0.2) is 0 Å². The minimum atomic E-state index is 0.585. The first-order valence-corrected chi connectivity index (χ1v) is 8.36. The van der Waals surface area contributed by atoms with Gasteiger partial charge in [0.2, 0.25) is 0 Å². The van der Waals surface area contributed by atoms with E-state index in [0.29, 0.717) is 6.04 Å². The van der Waals surface area contributed by atoms with Crippen LogP contribution in [0.15, 0.2) is 38.6 Å². The van der Waals surface area contributed by atoms with E-state index in [9.17, 15) is 0 Å². The molecule has 1 nitrogen and oxygen atoms in total. The van der Waals surface area contributed by atoms with Gasteiger partial charge in [0.05, 0.1) is 3.79 Å². The smallest absolute Gasteiger partial charge is 0.0843 e. The summed E-state index contributed by atoms with van der Waals surface area (Å²) in [5, 5.41) is 3.65. The summed E-state index contributed by atoms with van der Waals surface area (Å²) >= 11 is 8.85. The normalized spacial score (nSPS) is 15.0. The fourth-order valence-corrected chi connectivity index (χ4v) is 4.55. The van der Waals surface area contributed by atoms with Crippen LogP contribution in [0.3, 0.4) is 0 Å². The standard InChI is InChI=1S/C14H13Br2NS/c15-13-7-12(18-14(13)16)8-17-11-5-9-3-1-2-4-10(9)6-11/h1-4,7,11,17H,5-6,8H2. The first-order valence-electron chi connectivity index (χ1n) is 5.96. The zero-order valence-corrected chi connectivity index (χ0v) is 13.7. The molecule has 94 valence electrons. The lowest BCUT2D eigenvalue weighted by molar-refractivity contribution is 0.536. The average Bonchev–Trinajstić information content (AvgIpc) is 2.91. The largest absolute Gasteiger partial charge is 0.308 e. The Kier molecular flexibility index (Phi) is 3.89. The molecule has 1 aliphatic rings. The van der Waals surface area contributed by atoms with Gasteiger partial charge in [-0.3, -0.25) is 0 Å². The molecule has 0 unspecified atom stereocenters. The molecule has 3 rings (SSSR count). The molecular weight excluding hydrogens is 374 g/mol. The summed E-state index contributed by atoms with van der Waals surface area (Å²) in [7, 11) is 0. The van der Waals surface area contributed by atoms with Gasteiger partial charge >= 0.3 is 0 Å². The highest BCUT2D eigenvalue weighted by atomic mass is 79.9. The van der Waals surface area contributed by atoms with E-state index in [0.717, 1.165) is 23.9 Å². The molecule has 1 aromatic heterocycles. The van der Waals surface area contributed by atoms with Crippen molar-refractivity contribution in [3.63, 3.8) is 0 Å². The lowest BCUT2D eigenvalue weighted by atomic mass is 10.1. The fourth-order valence-electron chi connectivity index (χ4n) is 2.43. The van der Waals surface area contributed by atoms with E-state index in [2.05, 4.69) is 67.5 Å². The maximum Gasteiger partial charge on any atom is 0.0843 e. The summed E-state index contributed by atoms with van der Waals surface area (Å²) in [5.41, 5.74) is 3.01. The van der Waals surface area contributed by atoms with Crippen LogP contribution in [-0.4, -0.2) is 6.04 Å². The van der Waals surface area contributed by atoms with Gasteiger partial charge in [0.15, 0.2) is 0 Å². The van der Waals surface area contributed by atoms with Crippen molar-refractivity contribution in [2.75, 3.05) is 0 Å². The Labute approximate surface area is 128 Å². The van der Waals surface area contributed by atoms with Crippen molar-refractivity contribution >= 4 is 43.2 Å². The summed E-state index contributed by atoms with van der Waals surface area (Å²) in [6.45, 7) is 0.952. The Balaban J connectivity index is 1.60. The number of benzene rings is 1. The monoisotopic (exact) mass is 385 g/mol. The van der Waals surface area contributed by atoms with Crippen LogP contribution in [0, 0.1) is 0 Å². The molecule has 2 aromatic rings. The first-order chi connectivity index (χ1) is 8.72. The fraction of sp³-hybridized carbons (Fsp3) is 0.286. The zero-order valence-electron chi connectivity index (χ0n) is 9.75. The van der Waals surface area contributed by atoms with E-state index in [1.807, 2.05) is 0 Å². The van der Waals surface area contributed by atoms with Gasteiger partial charge in [-0.15, -0.1) is 11.3 Å². The van der Waals surface area contributed by atoms with Crippen LogP contribution in [0.5, 0.6) is 0 Å². The lowest BCUT2D eigenvalue weighted by Gasteiger charge is -2.10. The second kappa shape index (κ2) is 5.45. The van der Waals surface area contributed by atoms with Crippen molar-refractivity contribution < 1.29 is 0 Å². The van der Waals surface area contributed by atoms with E-state index in [1.54, 1.807) is 11.3 Å². The van der Waals surface area contributed by atoms with Crippen LogP contribution >= 0.6 is 43.2 Å². The third-order valence-corrected chi connectivity index (χ3v) is 6.57. The Hall–Kier alpha value is -0.160. The molecule has 0 fully saturated rings. The van der Waals surface area contributed by atoms with Gasteiger partial charge in [0.25, 0.3) is 0 Å². The number of nitrogens with one attached hydrogen (secondary N) is 1. The second-order valence-corrected chi connectivity index (χ2v) is 7.90. The molecule has 0 radical (unpaired) electrons. The number of rotatable bonds is 3. The van der Waals surface area contributed by atoms with Crippen molar-refractivity contribution in [1.29, 1.82) is 0 Å². The molecule has 1 heterocycles. The Morgan fingerprint density at radius 3 is 2.39 bits per heavy atom. The highest BCUT2D eigenvalue weighted by Crippen LogP contribution is 2.32. The predicted molar refractivity (Wildman–Crippen MR) is 84.2 cm³/mol. The summed E-state index contributed by atoms with van der Waals surface area (Å²) in [6, 6.07) is 11.5. The predicted octanol–water partition coefficient (Wildman–Crippen LogP) is 4.53. The number of thiophene rings is 1. The topological polar surface area (TPSA) is 12.0 Å². The zero-order chi connectivity index (χ0) is 12.5. The van der Waals surface area contributed by atoms with Crippen molar-refractivity contribution in [3.8, 4) is 0 Å². The Morgan fingerprint density at radius 1 is 1.17 bits per heavy atom. The molecule has 1 N–H and O–H groups in total. The Morgan fingerprint density at radius 2 is 1.83 bits per heavy atom. The van der Waals surface area contributed by atoms with Gasteiger partial charge in [0, 0.05) is 21.9 Å². The Bertz CT molecular complexity index is 520. The van der Waals surface area contributed by atoms with Gasteiger partial charge in [-0.05, 0) is 61.9 Å². The molecule has 18 heavy (non-hydrogen) atoms. The van der Waals surface area contributed by atoms with Gasteiger partial charge in [-0.1, -0.05) is 24.3 Å². The van der Waals surface area contributed by atoms with Gasteiger partial charge < -0.3 is 5.32 Å². The average molecular weight is 387 g/mol. The van der Waals surface area contributed by atoms with Crippen molar-refractivity contribution in [1.82, 2.24) is 5.32 Å². The number of halogens is 2. The maximum atomic E-state index is 3.65. The van der Waals surface area contributed by atoms with Crippen LogP contribution in [0.4, 0.5) is 0 Å². The summed E-state index contributed by atoms with van der Waals surface area (Å²) in [6.07, 6.45) is 2.31. The molecule has 0 bridgehead atoms. The molecule has 0 amide bonds. The molecule has 0 atom stereocenters. The molecule has 0 saturated heterocycles. The van der Waals surface area contributed by atoms with E-state index in [4.69, 9.17) is 0 Å². The van der Waals surface area contributed by atoms with E-state index in [1.165, 1.54) is 19.8 Å². The van der Waals surface area contributed by atoms with Crippen molar-refractivity contribution in [2.45, 2.75) is 25.4 Å². The number of hydrogen-bond donors (Lipinski definition) is 1. The van der Waals surface area contributed by atoms with Crippen molar-refractivity contribution in [2.24, 2.45) is 0 Å². The highest BCUT2D eigenvalue weighted by molar-refractivity contribution is 9.13. The number of fused-ring (bicyclic) bond motifs is 1. The van der Waals surface area contributed by atoms with Crippen LogP contribution < -0.4 is 5.32 Å². The second-order valence-electron chi connectivity index (χ2n) is 4.59. The molecule has 0 saturated carbocycles. The van der Waals surface area contributed by atoms with Gasteiger partial charge in [0.1, 0.15) is 0 Å². The third-order valence-electron chi connectivity index (χ3n) is 3.31. The maximum absolute atomic E-state index is 3.65. The minimum absolute atomic E-state index is 0.585. The third kappa shape index (κ3) is 2.72. The summed E-state index contributed by atoms with van der Waals surface area (Å²) < 4.78 is 2.33. The molecular formula is C14H13Br2NS. The molecule has 0 spiro atoms. The van der Waals surface area contributed by atoms with E-state index >= 15 is 0 Å². The van der Waals surface area contributed by atoms with Crippen LogP contribution in [0.2, 0.25) is 0 Å². The summed E-state index contributed by atoms with van der Waals surface area (Å²) in [4.78, 5) is 1.37. The molecule has 0 aliphatic heterocycles.